The van der Waals surface area contributed by atoms with Gasteiger partial charge < -0.3 is 10.6 Å². The van der Waals surface area contributed by atoms with Gasteiger partial charge in [-0.05, 0) is 69.0 Å². The van der Waals surface area contributed by atoms with Crippen molar-refractivity contribution >= 4 is 0 Å². The molecule has 2 nitrogen and oxygen atoms in total. The minimum Gasteiger partial charge on any atom is -0.328 e. The molecule has 0 spiro atoms. The smallest absolute Gasteiger partial charge is 0.00559 e. The summed E-state index contributed by atoms with van der Waals surface area (Å²) in [5, 5.41) is 0. The van der Waals surface area contributed by atoms with Crippen LogP contribution >= 0.6 is 0 Å². The Morgan fingerprint density at radius 1 is 1.16 bits per heavy atom. The van der Waals surface area contributed by atoms with Crippen molar-refractivity contribution in [2.24, 2.45) is 23.0 Å². The number of rotatable bonds is 5. The third-order valence-electron chi connectivity index (χ3n) is 4.50. The summed E-state index contributed by atoms with van der Waals surface area (Å²) < 4.78 is 0. The van der Waals surface area contributed by atoms with Gasteiger partial charge in [0.15, 0.2) is 0 Å². The predicted octanol–water partition coefficient (Wildman–Crippen LogP) is 3.90. The van der Waals surface area contributed by atoms with Crippen molar-refractivity contribution in [1.82, 2.24) is 4.90 Å². The molecular weight excluding hydrogens is 232 g/mol. The molecule has 0 radical (unpaired) electrons. The number of nitrogens with two attached hydrogens (primary N) is 1. The van der Waals surface area contributed by atoms with E-state index in [9.17, 15) is 0 Å². The van der Waals surface area contributed by atoms with E-state index in [1.807, 2.05) is 0 Å². The van der Waals surface area contributed by atoms with E-state index in [1.54, 1.807) is 0 Å². The molecule has 1 heterocycles. The van der Waals surface area contributed by atoms with Gasteiger partial charge in [-0.1, -0.05) is 34.6 Å². The van der Waals surface area contributed by atoms with Gasteiger partial charge in [-0.2, -0.15) is 0 Å². The first-order chi connectivity index (χ1) is 8.78. The van der Waals surface area contributed by atoms with Crippen LogP contribution in [0.3, 0.4) is 0 Å². The summed E-state index contributed by atoms with van der Waals surface area (Å²) in [6.07, 6.45) is 6.46. The fourth-order valence-electron chi connectivity index (χ4n) is 3.31. The molecule has 0 aromatic carbocycles. The van der Waals surface area contributed by atoms with E-state index in [-0.39, 0.29) is 0 Å². The maximum Gasteiger partial charge on any atom is 0.00559 e. The predicted molar refractivity (Wildman–Crippen MR) is 85.3 cm³/mol. The number of hydrogen-bond donors (Lipinski definition) is 1. The Morgan fingerprint density at radius 2 is 1.84 bits per heavy atom. The molecule has 2 unspecified atom stereocenters. The van der Waals surface area contributed by atoms with E-state index in [1.165, 1.54) is 38.9 Å². The molecule has 0 aliphatic carbocycles. The first kappa shape index (κ1) is 17.0. The van der Waals surface area contributed by atoms with Gasteiger partial charge in [-0.15, -0.1) is 0 Å². The van der Waals surface area contributed by atoms with Gasteiger partial charge in [0.2, 0.25) is 0 Å². The van der Waals surface area contributed by atoms with E-state index in [4.69, 9.17) is 5.73 Å². The van der Waals surface area contributed by atoms with Crippen molar-refractivity contribution in [3.8, 4) is 0 Å². The van der Waals surface area contributed by atoms with Crippen molar-refractivity contribution in [3.05, 3.63) is 0 Å². The Bertz CT molecular complexity index is 242. The monoisotopic (exact) mass is 268 g/mol. The zero-order valence-electron chi connectivity index (χ0n) is 13.9. The molecule has 0 aromatic heterocycles. The van der Waals surface area contributed by atoms with Crippen molar-refractivity contribution in [1.29, 1.82) is 0 Å². The highest BCUT2D eigenvalue weighted by Crippen LogP contribution is 2.25. The summed E-state index contributed by atoms with van der Waals surface area (Å²) in [6, 6.07) is 0.365. The third kappa shape index (κ3) is 7.31. The third-order valence-corrected chi connectivity index (χ3v) is 4.50. The molecule has 0 bridgehead atoms. The standard InChI is InChI=1S/C17H36N2/c1-14(2)15-7-6-10-19(11-8-15)12-9-16(18)13-17(3,4)5/h14-16H,6-13,18H2,1-5H3. The summed E-state index contributed by atoms with van der Waals surface area (Å²) >= 11 is 0. The van der Waals surface area contributed by atoms with Crippen molar-refractivity contribution in [2.75, 3.05) is 19.6 Å². The molecule has 19 heavy (non-hydrogen) atoms. The van der Waals surface area contributed by atoms with Gasteiger partial charge in [0.25, 0.3) is 0 Å². The number of likely N-dealkylation sites (tertiary alicyclic amines) is 1. The zero-order valence-corrected chi connectivity index (χ0v) is 13.9. The number of hydrogen-bond acceptors (Lipinski definition) is 2. The lowest BCUT2D eigenvalue weighted by Crippen LogP contribution is -2.33. The first-order valence-electron chi connectivity index (χ1n) is 8.26. The topological polar surface area (TPSA) is 29.3 Å². The fourth-order valence-corrected chi connectivity index (χ4v) is 3.31. The lowest BCUT2D eigenvalue weighted by atomic mass is 9.87. The van der Waals surface area contributed by atoms with Crippen LogP contribution in [-0.2, 0) is 0 Å². The second kappa shape index (κ2) is 7.64. The molecule has 0 saturated carbocycles. The molecule has 1 aliphatic heterocycles. The van der Waals surface area contributed by atoms with Crippen LogP contribution in [-0.4, -0.2) is 30.6 Å². The molecule has 0 aromatic rings. The quantitative estimate of drug-likeness (QED) is 0.819. The highest BCUT2D eigenvalue weighted by Gasteiger charge is 2.20. The average Bonchev–Trinajstić information content (AvgIpc) is 2.49. The van der Waals surface area contributed by atoms with Crippen molar-refractivity contribution in [3.63, 3.8) is 0 Å². The fraction of sp³-hybridized carbons (Fsp3) is 1.00. The highest BCUT2D eigenvalue weighted by molar-refractivity contribution is 4.76. The molecule has 2 N–H and O–H groups in total. The molecule has 0 amide bonds. The van der Waals surface area contributed by atoms with E-state index in [0.29, 0.717) is 11.5 Å². The second-order valence-electron chi connectivity index (χ2n) is 8.09. The Labute approximate surface area is 121 Å². The van der Waals surface area contributed by atoms with E-state index >= 15 is 0 Å². The average molecular weight is 268 g/mol. The van der Waals surface area contributed by atoms with Crippen LogP contribution in [0.25, 0.3) is 0 Å². The van der Waals surface area contributed by atoms with Crippen molar-refractivity contribution in [2.45, 2.75) is 72.8 Å². The van der Waals surface area contributed by atoms with Crippen LogP contribution in [0.5, 0.6) is 0 Å². The summed E-state index contributed by atoms with van der Waals surface area (Å²) in [6.45, 7) is 15.4. The maximum absolute atomic E-state index is 6.26. The lowest BCUT2D eigenvalue weighted by Gasteiger charge is -2.26. The lowest BCUT2D eigenvalue weighted by molar-refractivity contribution is 0.247. The SMILES string of the molecule is CC(C)C1CCCN(CCC(N)CC(C)(C)C)CC1. The normalized spacial score (nSPS) is 24.5. The molecule has 1 saturated heterocycles. The van der Waals surface area contributed by atoms with Gasteiger partial charge in [0.1, 0.15) is 0 Å². The van der Waals surface area contributed by atoms with Gasteiger partial charge >= 0.3 is 0 Å². The van der Waals surface area contributed by atoms with Crippen LogP contribution < -0.4 is 5.73 Å². The van der Waals surface area contributed by atoms with Crippen LogP contribution in [0, 0.1) is 17.3 Å². The van der Waals surface area contributed by atoms with E-state index in [2.05, 4.69) is 39.5 Å². The minimum atomic E-state index is 0.362. The molecule has 1 fully saturated rings. The Kier molecular flexibility index (Phi) is 6.82. The van der Waals surface area contributed by atoms with E-state index in [0.717, 1.165) is 24.7 Å². The van der Waals surface area contributed by atoms with Gasteiger partial charge in [0, 0.05) is 6.04 Å². The van der Waals surface area contributed by atoms with Crippen LogP contribution in [0.1, 0.15) is 66.7 Å². The largest absolute Gasteiger partial charge is 0.328 e. The van der Waals surface area contributed by atoms with Crippen LogP contribution in [0.4, 0.5) is 0 Å². The van der Waals surface area contributed by atoms with Crippen LogP contribution in [0.2, 0.25) is 0 Å². The Balaban J connectivity index is 2.26. The summed E-state index contributed by atoms with van der Waals surface area (Å²) in [4.78, 5) is 2.64. The number of nitrogens with zero attached hydrogens (tertiary/aromatic N) is 1. The Morgan fingerprint density at radius 3 is 2.42 bits per heavy atom. The van der Waals surface area contributed by atoms with Crippen molar-refractivity contribution < 1.29 is 0 Å². The van der Waals surface area contributed by atoms with Gasteiger partial charge in [-0.25, -0.2) is 0 Å². The molecule has 1 aliphatic rings. The minimum absolute atomic E-state index is 0.362. The summed E-state index contributed by atoms with van der Waals surface area (Å²) in [5.74, 6) is 1.79. The zero-order chi connectivity index (χ0) is 14.5. The Hall–Kier alpha value is -0.0800. The molecule has 1 rings (SSSR count). The summed E-state index contributed by atoms with van der Waals surface area (Å²) in [5.41, 5.74) is 6.63. The molecule has 2 heteroatoms. The first-order valence-corrected chi connectivity index (χ1v) is 8.26. The molecule has 114 valence electrons. The molecular formula is C17H36N2. The molecule has 2 atom stereocenters. The van der Waals surface area contributed by atoms with Gasteiger partial charge in [-0.3, -0.25) is 0 Å². The van der Waals surface area contributed by atoms with Gasteiger partial charge in [0.05, 0.1) is 0 Å². The van der Waals surface area contributed by atoms with Crippen LogP contribution in [0.15, 0.2) is 0 Å². The maximum atomic E-state index is 6.26. The summed E-state index contributed by atoms with van der Waals surface area (Å²) in [7, 11) is 0. The highest BCUT2D eigenvalue weighted by atomic mass is 15.1. The second-order valence-corrected chi connectivity index (χ2v) is 8.09. The van der Waals surface area contributed by atoms with E-state index < -0.39 is 0 Å².